The molecule has 1 saturated heterocycles. The Morgan fingerprint density at radius 1 is 1.15 bits per heavy atom. The highest BCUT2D eigenvalue weighted by Crippen LogP contribution is 2.30. The summed E-state index contributed by atoms with van der Waals surface area (Å²) in [5.74, 6) is 0.857. The molecule has 0 unspecified atom stereocenters. The van der Waals surface area contributed by atoms with Crippen LogP contribution in [0.5, 0.6) is 5.75 Å². The predicted molar refractivity (Wildman–Crippen MR) is 144 cm³/mol. The first-order valence-electron chi connectivity index (χ1n) is 11.0. The number of piperazine rings is 1. The Kier molecular flexibility index (Phi) is 9.16. The van der Waals surface area contributed by atoms with Crippen LogP contribution in [0.4, 0.5) is 11.4 Å². The van der Waals surface area contributed by atoms with Gasteiger partial charge >= 0.3 is 0 Å². The lowest BCUT2D eigenvalue weighted by Gasteiger charge is -2.37. The number of thiocarbonyl (C=S) groups is 1. The molecule has 7 nitrogen and oxygen atoms in total. The maximum Gasteiger partial charge on any atom is 0.257 e. The van der Waals surface area contributed by atoms with Gasteiger partial charge in [-0.05, 0) is 70.5 Å². The van der Waals surface area contributed by atoms with Gasteiger partial charge in [-0.1, -0.05) is 25.4 Å². The summed E-state index contributed by atoms with van der Waals surface area (Å²) in [5.41, 5.74) is 2.01. The number of hydrogen-bond donors (Lipinski definition) is 2. The van der Waals surface area contributed by atoms with Crippen LogP contribution in [0.25, 0.3) is 0 Å². The van der Waals surface area contributed by atoms with Crippen LogP contribution in [0, 0.1) is 5.92 Å². The molecule has 1 aliphatic heterocycles. The van der Waals surface area contributed by atoms with E-state index in [-0.39, 0.29) is 16.9 Å². The predicted octanol–water partition coefficient (Wildman–Crippen LogP) is 4.93. The highest BCUT2D eigenvalue weighted by atomic mass is 79.9. The Balaban J connectivity index is 1.56. The molecular formula is C24H28BrClN4O3S. The Morgan fingerprint density at radius 2 is 1.85 bits per heavy atom. The van der Waals surface area contributed by atoms with E-state index in [2.05, 4.69) is 45.3 Å². The molecule has 1 fully saturated rings. The molecule has 0 aliphatic carbocycles. The molecule has 2 aromatic carbocycles. The molecule has 1 heterocycles. The number of nitrogens with zero attached hydrogens (tertiary/aromatic N) is 2. The van der Waals surface area contributed by atoms with Crippen molar-refractivity contribution < 1.29 is 14.3 Å². The van der Waals surface area contributed by atoms with Crippen molar-refractivity contribution in [3.63, 3.8) is 0 Å². The first kappa shape index (κ1) is 26.2. The minimum absolute atomic E-state index is 0.165. The Hall–Kier alpha value is -2.36. The lowest BCUT2D eigenvalue weighted by molar-refractivity contribution is -0.132. The molecule has 34 heavy (non-hydrogen) atoms. The van der Waals surface area contributed by atoms with Crippen LogP contribution in [-0.2, 0) is 4.79 Å². The summed E-state index contributed by atoms with van der Waals surface area (Å²) in [7, 11) is 1.56. The summed E-state index contributed by atoms with van der Waals surface area (Å²) in [5, 5.41) is 6.40. The fourth-order valence-corrected chi connectivity index (χ4v) is 4.71. The zero-order chi connectivity index (χ0) is 24.8. The van der Waals surface area contributed by atoms with Crippen LogP contribution in [0.2, 0.25) is 5.02 Å². The number of hydrogen-bond acceptors (Lipinski definition) is 5. The van der Waals surface area contributed by atoms with Gasteiger partial charge in [0.1, 0.15) is 5.75 Å². The quantitative estimate of drug-likeness (QED) is 0.482. The van der Waals surface area contributed by atoms with Crippen molar-refractivity contribution in [3.05, 3.63) is 51.5 Å². The van der Waals surface area contributed by atoms with Crippen molar-refractivity contribution in [1.29, 1.82) is 0 Å². The van der Waals surface area contributed by atoms with Crippen LogP contribution in [0.3, 0.4) is 0 Å². The van der Waals surface area contributed by atoms with Crippen LogP contribution < -0.4 is 20.3 Å². The number of rotatable bonds is 6. The maximum atomic E-state index is 12.5. The number of halogens is 2. The van der Waals surface area contributed by atoms with E-state index in [0.717, 1.165) is 18.8 Å². The molecule has 2 aromatic rings. The van der Waals surface area contributed by atoms with Crippen molar-refractivity contribution >= 4 is 68.1 Å². The first-order chi connectivity index (χ1) is 16.2. The molecular weight excluding hydrogens is 540 g/mol. The Morgan fingerprint density at radius 3 is 2.44 bits per heavy atom. The second-order valence-corrected chi connectivity index (χ2v) is 10.1. The van der Waals surface area contributed by atoms with E-state index < -0.39 is 0 Å². The van der Waals surface area contributed by atoms with E-state index in [1.807, 2.05) is 17.0 Å². The molecule has 0 aromatic heterocycles. The standard InChI is InChI=1S/C24H28BrClN4O3S/c1-15(2)12-22(31)30-10-8-29(9-11-30)20-6-5-17(14-19(20)26)27-24(34)28-23(32)16-4-7-21(33-3)18(25)13-16/h4-7,13-15H,8-12H2,1-3H3,(H2,27,28,32,34). The van der Waals surface area contributed by atoms with Gasteiger partial charge in [-0.15, -0.1) is 0 Å². The van der Waals surface area contributed by atoms with Gasteiger partial charge in [-0.25, -0.2) is 0 Å². The van der Waals surface area contributed by atoms with E-state index in [4.69, 9.17) is 28.6 Å². The zero-order valence-electron chi connectivity index (χ0n) is 19.4. The topological polar surface area (TPSA) is 73.9 Å². The zero-order valence-corrected chi connectivity index (χ0v) is 22.5. The summed E-state index contributed by atoms with van der Waals surface area (Å²) in [6.45, 7) is 6.92. The number of methoxy groups -OCH3 is 1. The van der Waals surface area contributed by atoms with Crippen LogP contribution in [0.15, 0.2) is 40.9 Å². The number of carbonyl (C=O) groups is 2. The number of ether oxygens (including phenoxy) is 1. The molecule has 182 valence electrons. The first-order valence-corrected chi connectivity index (χ1v) is 12.5. The van der Waals surface area contributed by atoms with Crippen LogP contribution >= 0.6 is 39.7 Å². The van der Waals surface area contributed by atoms with Gasteiger partial charge in [0.25, 0.3) is 5.91 Å². The number of anilines is 2. The average Bonchev–Trinajstić information content (AvgIpc) is 2.78. The van der Waals surface area contributed by atoms with Crippen molar-refractivity contribution in [3.8, 4) is 5.75 Å². The van der Waals surface area contributed by atoms with E-state index in [0.29, 0.717) is 51.9 Å². The second-order valence-electron chi connectivity index (χ2n) is 8.39. The second kappa shape index (κ2) is 11.9. The lowest BCUT2D eigenvalue weighted by Crippen LogP contribution is -2.49. The third kappa shape index (κ3) is 6.84. The Labute approximate surface area is 218 Å². The van der Waals surface area contributed by atoms with E-state index in [1.54, 1.807) is 31.4 Å². The maximum absolute atomic E-state index is 12.5. The highest BCUT2D eigenvalue weighted by Gasteiger charge is 2.23. The third-order valence-electron chi connectivity index (χ3n) is 5.40. The Bertz CT molecular complexity index is 1070. The van der Waals surface area contributed by atoms with Gasteiger partial charge in [-0.2, -0.15) is 0 Å². The molecule has 0 spiro atoms. The minimum atomic E-state index is -0.339. The normalized spacial score (nSPS) is 13.6. The van der Waals surface area contributed by atoms with Gasteiger partial charge < -0.3 is 19.9 Å². The summed E-state index contributed by atoms with van der Waals surface area (Å²) in [4.78, 5) is 28.9. The van der Waals surface area contributed by atoms with Gasteiger partial charge in [0.2, 0.25) is 5.91 Å². The van der Waals surface area contributed by atoms with E-state index >= 15 is 0 Å². The van der Waals surface area contributed by atoms with Gasteiger partial charge in [-0.3, -0.25) is 14.9 Å². The smallest absolute Gasteiger partial charge is 0.257 e. The highest BCUT2D eigenvalue weighted by molar-refractivity contribution is 9.10. The SMILES string of the molecule is COc1ccc(C(=O)NC(=S)Nc2ccc(N3CCN(C(=O)CC(C)C)CC3)c(Cl)c2)cc1Br. The third-order valence-corrected chi connectivity index (χ3v) is 6.53. The van der Waals surface area contributed by atoms with E-state index in [1.165, 1.54) is 0 Å². The monoisotopic (exact) mass is 566 g/mol. The number of benzene rings is 2. The largest absolute Gasteiger partial charge is 0.496 e. The van der Waals surface area contributed by atoms with Crippen LogP contribution in [0.1, 0.15) is 30.6 Å². The van der Waals surface area contributed by atoms with Crippen molar-refractivity contribution in [2.24, 2.45) is 5.92 Å². The molecule has 10 heteroatoms. The molecule has 0 bridgehead atoms. The number of carbonyl (C=O) groups excluding carboxylic acids is 2. The van der Waals surface area contributed by atoms with E-state index in [9.17, 15) is 9.59 Å². The molecule has 2 N–H and O–H groups in total. The molecule has 0 saturated carbocycles. The molecule has 0 radical (unpaired) electrons. The van der Waals surface area contributed by atoms with Crippen molar-refractivity contribution in [2.75, 3.05) is 43.5 Å². The fourth-order valence-electron chi connectivity index (χ4n) is 3.66. The molecule has 3 rings (SSSR count). The summed E-state index contributed by atoms with van der Waals surface area (Å²) in [6.07, 6.45) is 0.577. The number of amides is 2. The minimum Gasteiger partial charge on any atom is -0.496 e. The summed E-state index contributed by atoms with van der Waals surface area (Å²) < 4.78 is 5.86. The summed E-state index contributed by atoms with van der Waals surface area (Å²) >= 11 is 15.2. The lowest BCUT2D eigenvalue weighted by atomic mass is 10.1. The fraction of sp³-hybridized carbons (Fsp3) is 0.375. The molecule has 2 amide bonds. The van der Waals surface area contributed by atoms with Gasteiger partial charge in [0, 0.05) is 43.9 Å². The molecule has 1 aliphatic rings. The van der Waals surface area contributed by atoms with Crippen LogP contribution in [-0.4, -0.2) is 55.1 Å². The summed E-state index contributed by atoms with van der Waals surface area (Å²) in [6, 6.07) is 10.6. The number of nitrogens with one attached hydrogen (secondary N) is 2. The van der Waals surface area contributed by atoms with Gasteiger partial charge in [0.05, 0.1) is 22.3 Å². The molecule has 0 atom stereocenters. The average molecular weight is 568 g/mol. The van der Waals surface area contributed by atoms with Crippen molar-refractivity contribution in [2.45, 2.75) is 20.3 Å². The van der Waals surface area contributed by atoms with Gasteiger partial charge in [0.15, 0.2) is 5.11 Å². The van der Waals surface area contributed by atoms with Crippen molar-refractivity contribution in [1.82, 2.24) is 10.2 Å².